The zero-order valence-electron chi connectivity index (χ0n) is 19.6. The Labute approximate surface area is 206 Å². The Morgan fingerprint density at radius 2 is 1.89 bits per heavy atom. The van der Waals surface area contributed by atoms with Gasteiger partial charge in [-0.2, -0.15) is 17.9 Å². The summed E-state index contributed by atoms with van der Waals surface area (Å²) in [6.45, 7) is 1.06. The Balaban J connectivity index is 1.22. The maximum atomic E-state index is 12.8. The van der Waals surface area contributed by atoms with E-state index in [1.165, 1.54) is 12.3 Å². The molecule has 2 fully saturated rings. The first-order valence-corrected chi connectivity index (χ1v) is 11.9. The third-order valence-electron chi connectivity index (χ3n) is 7.05. The highest BCUT2D eigenvalue weighted by atomic mass is 19.4. The van der Waals surface area contributed by atoms with Crippen molar-refractivity contribution in [1.82, 2.24) is 15.5 Å². The van der Waals surface area contributed by atoms with E-state index in [9.17, 15) is 33.1 Å². The van der Waals surface area contributed by atoms with Crippen molar-refractivity contribution in [3.05, 3.63) is 70.7 Å². The monoisotopic (exact) mass is 506 g/mol. The average molecular weight is 507 g/mol. The van der Waals surface area contributed by atoms with Crippen LogP contribution < -0.4 is 15.4 Å². The van der Waals surface area contributed by atoms with E-state index in [1.807, 2.05) is 0 Å². The van der Waals surface area contributed by atoms with Crippen molar-refractivity contribution < 1.29 is 32.6 Å². The van der Waals surface area contributed by atoms with Gasteiger partial charge in [-0.3, -0.25) is 14.5 Å². The molecule has 0 spiro atoms. The fourth-order valence-electron chi connectivity index (χ4n) is 5.10. The van der Waals surface area contributed by atoms with Crippen LogP contribution in [0.15, 0.2) is 48.7 Å². The number of hydrogen-bond donors (Lipinski definition) is 3. The molecule has 1 aromatic heterocycles. The lowest BCUT2D eigenvalue weighted by Crippen LogP contribution is -2.48. The third kappa shape index (κ3) is 5.96. The quantitative estimate of drug-likeness (QED) is 0.411. The van der Waals surface area contributed by atoms with Gasteiger partial charge in [-0.25, -0.2) is 0 Å². The molecule has 1 saturated carbocycles. The minimum Gasteiger partial charge on any atom is -0.618 e. The second kappa shape index (κ2) is 10.4. The highest BCUT2D eigenvalue weighted by Crippen LogP contribution is 2.38. The van der Waals surface area contributed by atoms with E-state index in [-0.39, 0.29) is 24.2 Å². The Kier molecular flexibility index (Phi) is 7.51. The SMILES string of the molecule is O=C(CNC(=O)c1cccc(C(F)(F)F)c1)N[C@@H]1CCN(C2CCC(O)(c3cccc[n+]3[O-])CC2)C1. The van der Waals surface area contributed by atoms with Crippen LogP contribution >= 0.6 is 0 Å². The van der Waals surface area contributed by atoms with Crippen LogP contribution in [-0.2, 0) is 16.6 Å². The Morgan fingerprint density at radius 1 is 1.14 bits per heavy atom. The molecular formula is C25H29F3N4O4. The highest BCUT2D eigenvalue weighted by molar-refractivity contribution is 5.96. The predicted octanol–water partition coefficient (Wildman–Crippen LogP) is 2.09. The highest BCUT2D eigenvalue weighted by Gasteiger charge is 2.42. The summed E-state index contributed by atoms with van der Waals surface area (Å²) in [6, 6.07) is 9.18. The number of benzene rings is 1. The second-order valence-electron chi connectivity index (χ2n) is 9.48. The van der Waals surface area contributed by atoms with Crippen LogP contribution in [0.4, 0.5) is 13.2 Å². The van der Waals surface area contributed by atoms with E-state index in [1.54, 1.807) is 18.2 Å². The van der Waals surface area contributed by atoms with Gasteiger partial charge in [0.15, 0.2) is 6.20 Å². The first kappa shape index (κ1) is 25.9. The topological polar surface area (TPSA) is 109 Å². The molecule has 194 valence electrons. The summed E-state index contributed by atoms with van der Waals surface area (Å²) in [6.07, 6.45) is -0.0583. The van der Waals surface area contributed by atoms with Crippen LogP contribution in [0.1, 0.15) is 53.7 Å². The number of nitrogens with zero attached hydrogens (tertiary/aromatic N) is 2. The number of likely N-dealkylation sites (tertiary alicyclic amines) is 1. The number of carbonyl (C=O) groups is 2. The van der Waals surface area contributed by atoms with Gasteiger partial charge in [0.25, 0.3) is 5.91 Å². The fraction of sp³-hybridized carbons (Fsp3) is 0.480. The first-order valence-electron chi connectivity index (χ1n) is 11.9. The van der Waals surface area contributed by atoms with Crippen LogP contribution in [0.5, 0.6) is 0 Å². The van der Waals surface area contributed by atoms with Gasteiger partial charge >= 0.3 is 6.18 Å². The summed E-state index contributed by atoms with van der Waals surface area (Å²) >= 11 is 0. The molecule has 2 heterocycles. The average Bonchev–Trinajstić information content (AvgIpc) is 3.31. The van der Waals surface area contributed by atoms with Gasteiger partial charge in [0, 0.05) is 42.9 Å². The smallest absolute Gasteiger partial charge is 0.416 e. The second-order valence-corrected chi connectivity index (χ2v) is 9.48. The van der Waals surface area contributed by atoms with E-state index < -0.39 is 29.2 Å². The number of aliphatic hydroxyl groups is 1. The number of rotatable bonds is 6. The molecule has 36 heavy (non-hydrogen) atoms. The van der Waals surface area contributed by atoms with Crippen molar-refractivity contribution in [2.75, 3.05) is 19.6 Å². The van der Waals surface area contributed by atoms with Gasteiger partial charge in [-0.05, 0) is 56.4 Å². The summed E-state index contributed by atoms with van der Waals surface area (Å²) in [5.74, 6) is -1.17. The van der Waals surface area contributed by atoms with Crippen molar-refractivity contribution >= 4 is 11.8 Å². The number of alkyl halides is 3. The lowest BCUT2D eigenvalue weighted by Gasteiger charge is -2.38. The van der Waals surface area contributed by atoms with Gasteiger partial charge in [0.2, 0.25) is 11.6 Å². The number of nitrogens with one attached hydrogen (secondary N) is 2. The van der Waals surface area contributed by atoms with E-state index in [4.69, 9.17) is 0 Å². The third-order valence-corrected chi connectivity index (χ3v) is 7.05. The standard InChI is InChI=1S/C25H29F3N4O4/c26-25(27,28)18-5-3-4-17(14-18)23(34)29-15-22(33)30-19-9-13-31(16-19)20-7-10-24(35,11-8-20)21-6-1-2-12-32(21)36/h1-6,12,14,19-20,35H,7-11,13,15-16H2,(H,29,34)(H,30,33)/t19-,20?,24?/m1/s1. The molecule has 1 saturated heterocycles. The molecule has 1 aliphatic heterocycles. The Hall–Kier alpha value is -3.18. The van der Waals surface area contributed by atoms with Gasteiger partial charge in [0.1, 0.15) is 5.60 Å². The van der Waals surface area contributed by atoms with E-state index in [0.717, 1.165) is 44.0 Å². The molecule has 0 bridgehead atoms. The van der Waals surface area contributed by atoms with Gasteiger partial charge < -0.3 is 20.9 Å². The molecular weight excluding hydrogens is 477 g/mol. The molecule has 1 aliphatic carbocycles. The van der Waals surface area contributed by atoms with Crippen molar-refractivity contribution in [3.8, 4) is 0 Å². The van der Waals surface area contributed by atoms with Gasteiger partial charge in [-0.1, -0.05) is 6.07 Å². The van der Waals surface area contributed by atoms with E-state index >= 15 is 0 Å². The summed E-state index contributed by atoms with van der Waals surface area (Å²) in [7, 11) is 0. The number of pyridine rings is 1. The summed E-state index contributed by atoms with van der Waals surface area (Å²) in [5.41, 5.74) is -1.88. The molecule has 4 rings (SSSR count). The van der Waals surface area contributed by atoms with Gasteiger partial charge in [0.05, 0.1) is 12.1 Å². The number of hydrogen-bond acceptors (Lipinski definition) is 5. The molecule has 8 nitrogen and oxygen atoms in total. The zero-order valence-corrected chi connectivity index (χ0v) is 19.6. The van der Waals surface area contributed by atoms with E-state index in [2.05, 4.69) is 15.5 Å². The van der Waals surface area contributed by atoms with Crippen LogP contribution in [-0.4, -0.2) is 53.5 Å². The summed E-state index contributed by atoms with van der Waals surface area (Å²) < 4.78 is 39.3. The summed E-state index contributed by atoms with van der Waals surface area (Å²) in [5, 5.41) is 28.3. The maximum absolute atomic E-state index is 12.8. The molecule has 1 aromatic carbocycles. The number of halogens is 3. The normalized spacial score (nSPS) is 24.9. The van der Waals surface area contributed by atoms with Crippen molar-refractivity contribution in [2.24, 2.45) is 0 Å². The lowest BCUT2D eigenvalue weighted by atomic mass is 9.79. The number of amides is 2. The Bertz CT molecular complexity index is 1100. The van der Waals surface area contributed by atoms with Crippen LogP contribution in [0.2, 0.25) is 0 Å². The Morgan fingerprint density at radius 3 is 2.58 bits per heavy atom. The predicted molar refractivity (Wildman–Crippen MR) is 123 cm³/mol. The maximum Gasteiger partial charge on any atom is 0.416 e. The first-order chi connectivity index (χ1) is 17.0. The summed E-state index contributed by atoms with van der Waals surface area (Å²) in [4.78, 5) is 26.8. The van der Waals surface area contributed by atoms with Crippen LogP contribution in [0, 0.1) is 5.21 Å². The van der Waals surface area contributed by atoms with Crippen molar-refractivity contribution in [1.29, 1.82) is 0 Å². The molecule has 2 aliphatic rings. The van der Waals surface area contributed by atoms with Crippen LogP contribution in [0.3, 0.4) is 0 Å². The van der Waals surface area contributed by atoms with Crippen molar-refractivity contribution in [2.45, 2.75) is 56.0 Å². The minimum absolute atomic E-state index is 0.110. The zero-order chi connectivity index (χ0) is 25.9. The molecule has 0 radical (unpaired) electrons. The molecule has 3 N–H and O–H groups in total. The lowest BCUT2D eigenvalue weighted by molar-refractivity contribution is -0.623. The number of aromatic nitrogens is 1. The molecule has 2 amide bonds. The largest absolute Gasteiger partial charge is 0.618 e. The molecule has 0 unspecified atom stereocenters. The van der Waals surface area contributed by atoms with Gasteiger partial charge in [-0.15, -0.1) is 0 Å². The van der Waals surface area contributed by atoms with E-state index in [0.29, 0.717) is 29.8 Å². The molecule has 11 heteroatoms. The molecule has 2 aromatic rings. The fourth-order valence-corrected chi connectivity index (χ4v) is 5.10. The number of carbonyl (C=O) groups excluding carboxylic acids is 2. The van der Waals surface area contributed by atoms with Crippen molar-refractivity contribution in [3.63, 3.8) is 0 Å². The minimum atomic E-state index is -4.56. The molecule has 1 atom stereocenters. The van der Waals surface area contributed by atoms with Crippen LogP contribution in [0.25, 0.3) is 0 Å².